The van der Waals surface area contributed by atoms with Gasteiger partial charge in [0.05, 0.1) is 0 Å². The zero-order chi connectivity index (χ0) is 7.28. The highest BCUT2D eigenvalue weighted by Crippen LogP contribution is 1.79. The zero-order valence-corrected chi connectivity index (χ0v) is 5.31. The van der Waals surface area contributed by atoms with E-state index in [-0.39, 0.29) is 6.29 Å². The van der Waals surface area contributed by atoms with Crippen molar-refractivity contribution in [2.24, 2.45) is 0 Å². The Balaban J connectivity index is 3.39. The van der Waals surface area contributed by atoms with Crippen LogP contribution in [0.2, 0.25) is 0 Å². The number of carbonyl (C=O) groups is 2. The van der Waals surface area contributed by atoms with Gasteiger partial charge in [0.1, 0.15) is 0 Å². The fourth-order valence-electron chi connectivity index (χ4n) is 0.280. The van der Waals surface area contributed by atoms with Crippen LogP contribution in [-0.4, -0.2) is 18.7 Å². The van der Waals surface area contributed by atoms with Crippen LogP contribution in [0.1, 0.15) is 6.92 Å². The largest absolute Gasteiger partial charge is 0.346 e. The molecule has 0 unspecified atom stereocenters. The maximum atomic E-state index is 10.2. The number of amides is 1. The highest BCUT2D eigenvalue weighted by Gasteiger charge is 1.93. The summed E-state index contributed by atoms with van der Waals surface area (Å²) in [5.74, 6) is -0.599. The Hall–Kier alpha value is -1.12. The van der Waals surface area contributed by atoms with E-state index in [0.717, 1.165) is 5.57 Å². The summed E-state index contributed by atoms with van der Waals surface area (Å²) >= 11 is 0. The van der Waals surface area contributed by atoms with Crippen molar-refractivity contribution in [2.75, 3.05) is 6.54 Å². The van der Waals surface area contributed by atoms with E-state index in [1.165, 1.54) is 0 Å². The maximum Gasteiger partial charge on any atom is 0.284 e. The Morgan fingerprint density at radius 1 is 1.78 bits per heavy atom. The van der Waals surface area contributed by atoms with Gasteiger partial charge in [0.25, 0.3) is 5.91 Å². The molecule has 1 N–H and O–H groups in total. The summed E-state index contributed by atoms with van der Waals surface area (Å²) in [6.45, 7) is 5.67. The van der Waals surface area contributed by atoms with Gasteiger partial charge in [0.2, 0.25) is 6.29 Å². The number of hydrogen-bond acceptors (Lipinski definition) is 2. The molecule has 3 nitrogen and oxygen atoms in total. The second-order valence-electron chi connectivity index (χ2n) is 1.79. The van der Waals surface area contributed by atoms with E-state index in [2.05, 4.69) is 11.9 Å². The second kappa shape index (κ2) is 3.83. The number of nitrogens with one attached hydrogen (secondary N) is 1. The summed E-state index contributed by atoms with van der Waals surface area (Å²) in [5, 5.41) is 2.33. The molecule has 0 fully saturated rings. The zero-order valence-electron chi connectivity index (χ0n) is 5.31. The van der Waals surface area contributed by atoms with E-state index >= 15 is 0 Å². The molecule has 0 aliphatic rings. The van der Waals surface area contributed by atoms with Crippen molar-refractivity contribution in [3.63, 3.8) is 0 Å². The lowest BCUT2D eigenvalue weighted by Crippen LogP contribution is -2.25. The van der Waals surface area contributed by atoms with Crippen LogP contribution in [-0.2, 0) is 9.59 Å². The summed E-state index contributed by atoms with van der Waals surface area (Å²) in [5.41, 5.74) is 0.824. The van der Waals surface area contributed by atoms with Gasteiger partial charge in [-0.15, -0.1) is 0 Å². The Morgan fingerprint density at radius 3 is 2.67 bits per heavy atom. The highest BCUT2D eigenvalue weighted by molar-refractivity contribution is 6.23. The lowest BCUT2D eigenvalue weighted by molar-refractivity contribution is -0.131. The maximum absolute atomic E-state index is 10.2. The van der Waals surface area contributed by atoms with Gasteiger partial charge in [-0.3, -0.25) is 9.59 Å². The molecule has 0 rings (SSSR count). The van der Waals surface area contributed by atoms with Crippen LogP contribution in [0.15, 0.2) is 12.2 Å². The number of aldehydes is 1. The Labute approximate surface area is 53.7 Å². The Bertz CT molecular complexity index is 140. The molecule has 0 aromatic heterocycles. The molecule has 0 bridgehead atoms. The van der Waals surface area contributed by atoms with Gasteiger partial charge >= 0.3 is 0 Å². The monoisotopic (exact) mass is 127 g/mol. The van der Waals surface area contributed by atoms with Crippen molar-refractivity contribution < 1.29 is 9.59 Å². The van der Waals surface area contributed by atoms with Crippen LogP contribution < -0.4 is 5.32 Å². The number of hydrogen-bond donors (Lipinski definition) is 1. The fourth-order valence-corrected chi connectivity index (χ4v) is 0.280. The van der Waals surface area contributed by atoms with Crippen molar-refractivity contribution in [1.29, 1.82) is 0 Å². The van der Waals surface area contributed by atoms with Gasteiger partial charge in [0.15, 0.2) is 0 Å². The first-order chi connectivity index (χ1) is 4.16. The lowest BCUT2D eigenvalue weighted by atomic mass is 10.3. The standard InChI is InChI=1S/C6H9NO2/c1-5(2)3-7-6(9)4-8/h4H,1,3H2,2H3,(H,7,9). The minimum atomic E-state index is -0.599. The van der Waals surface area contributed by atoms with E-state index in [1.807, 2.05) is 0 Å². The molecule has 9 heavy (non-hydrogen) atoms. The molecule has 0 heterocycles. The van der Waals surface area contributed by atoms with Gasteiger partial charge in [-0.05, 0) is 6.92 Å². The van der Waals surface area contributed by atoms with E-state index in [4.69, 9.17) is 0 Å². The average molecular weight is 127 g/mol. The molecule has 0 aromatic rings. The predicted octanol–water partition coefficient (Wildman–Crippen LogP) is -0.122. The van der Waals surface area contributed by atoms with Crippen LogP contribution >= 0.6 is 0 Å². The summed E-state index contributed by atoms with van der Waals surface area (Å²) in [6.07, 6.45) is 0.239. The molecule has 50 valence electrons. The predicted molar refractivity (Wildman–Crippen MR) is 33.9 cm³/mol. The minimum Gasteiger partial charge on any atom is -0.346 e. The summed E-state index contributed by atoms with van der Waals surface area (Å²) in [4.78, 5) is 19.9. The molecule has 1 amide bonds. The molecule has 3 heteroatoms. The van der Waals surface area contributed by atoms with Crippen molar-refractivity contribution in [1.82, 2.24) is 5.32 Å². The Kier molecular flexibility index (Phi) is 3.35. The highest BCUT2D eigenvalue weighted by atomic mass is 16.2. The third-order valence-electron chi connectivity index (χ3n) is 0.671. The molecule has 0 aliphatic carbocycles. The van der Waals surface area contributed by atoms with Crippen LogP contribution in [0.25, 0.3) is 0 Å². The smallest absolute Gasteiger partial charge is 0.284 e. The normalized spacial score (nSPS) is 8.11. The third kappa shape index (κ3) is 4.74. The Morgan fingerprint density at radius 2 is 2.33 bits per heavy atom. The molecular formula is C6H9NO2. The quantitative estimate of drug-likeness (QED) is 0.326. The first-order valence-electron chi connectivity index (χ1n) is 2.54. The van der Waals surface area contributed by atoms with Gasteiger partial charge in [-0.25, -0.2) is 0 Å². The summed E-state index contributed by atoms with van der Waals surface area (Å²) in [7, 11) is 0. The molecule has 0 aliphatic heterocycles. The molecule has 0 aromatic carbocycles. The van der Waals surface area contributed by atoms with Gasteiger partial charge in [0, 0.05) is 6.54 Å². The van der Waals surface area contributed by atoms with E-state index in [9.17, 15) is 9.59 Å². The number of carbonyl (C=O) groups excluding carboxylic acids is 2. The summed E-state index contributed by atoms with van der Waals surface area (Å²) in [6, 6.07) is 0. The van der Waals surface area contributed by atoms with Crippen LogP contribution in [0, 0.1) is 0 Å². The first kappa shape index (κ1) is 7.88. The molecule has 0 radical (unpaired) electrons. The lowest BCUT2D eigenvalue weighted by Gasteiger charge is -1.96. The van der Waals surface area contributed by atoms with Crippen molar-refractivity contribution in [3.05, 3.63) is 12.2 Å². The van der Waals surface area contributed by atoms with Gasteiger partial charge < -0.3 is 5.32 Å². The van der Waals surface area contributed by atoms with Crippen molar-refractivity contribution in [2.45, 2.75) is 6.92 Å². The first-order valence-corrected chi connectivity index (χ1v) is 2.54. The third-order valence-corrected chi connectivity index (χ3v) is 0.671. The topological polar surface area (TPSA) is 46.2 Å². The van der Waals surface area contributed by atoms with Gasteiger partial charge in [-0.2, -0.15) is 0 Å². The molecule has 0 atom stereocenters. The molecule has 0 spiro atoms. The molecule has 0 saturated carbocycles. The van der Waals surface area contributed by atoms with Gasteiger partial charge in [-0.1, -0.05) is 12.2 Å². The van der Waals surface area contributed by atoms with Crippen molar-refractivity contribution in [3.8, 4) is 0 Å². The molecular weight excluding hydrogens is 118 g/mol. The van der Waals surface area contributed by atoms with E-state index in [0.29, 0.717) is 6.54 Å². The SMILES string of the molecule is C=C(C)CNC(=O)C=O. The second-order valence-corrected chi connectivity index (χ2v) is 1.79. The van der Waals surface area contributed by atoms with Crippen molar-refractivity contribution >= 4 is 12.2 Å². The minimum absolute atomic E-state index is 0.239. The summed E-state index contributed by atoms with van der Waals surface area (Å²) < 4.78 is 0. The van der Waals surface area contributed by atoms with Crippen LogP contribution in [0.3, 0.4) is 0 Å². The van der Waals surface area contributed by atoms with Crippen LogP contribution in [0.5, 0.6) is 0 Å². The molecule has 0 saturated heterocycles. The van der Waals surface area contributed by atoms with E-state index < -0.39 is 5.91 Å². The number of rotatable bonds is 3. The van der Waals surface area contributed by atoms with E-state index in [1.54, 1.807) is 6.92 Å². The van der Waals surface area contributed by atoms with Crippen LogP contribution in [0.4, 0.5) is 0 Å². The fraction of sp³-hybridized carbons (Fsp3) is 0.333. The average Bonchev–Trinajstić information content (AvgIpc) is 1.83.